The van der Waals surface area contributed by atoms with Gasteiger partial charge in [-0.15, -0.1) is 13.2 Å². The van der Waals surface area contributed by atoms with E-state index < -0.39 is 18.0 Å². The Morgan fingerprint density at radius 3 is 2.23 bits per heavy atom. The molecule has 1 N–H and O–H groups in total. The van der Waals surface area contributed by atoms with Crippen molar-refractivity contribution >= 4 is 5.91 Å². The van der Waals surface area contributed by atoms with Crippen molar-refractivity contribution in [2.45, 2.75) is 12.9 Å². The van der Waals surface area contributed by atoms with Crippen LogP contribution in [-0.2, 0) is 6.54 Å². The Bertz CT molecular complexity index is 1160. The zero-order chi connectivity index (χ0) is 24.4. The summed E-state index contributed by atoms with van der Waals surface area (Å²) in [6.07, 6.45) is -4.79. The number of fused-ring (bicyclic) bond motifs is 1. The number of benzene rings is 3. The predicted molar refractivity (Wildman–Crippen MR) is 124 cm³/mol. The molecule has 182 valence electrons. The number of carbonyl (C=O) groups excluding carboxylic acids is 1. The number of piperidine rings is 1. The summed E-state index contributed by atoms with van der Waals surface area (Å²) in [7, 11) is 0. The number of alkyl halides is 3. The quantitative estimate of drug-likeness (QED) is 0.462. The molecule has 2 aliphatic rings. The first-order valence-electron chi connectivity index (χ1n) is 11.5. The molecule has 0 bridgehead atoms. The van der Waals surface area contributed by atoms with Crippen molar-refractivity contribution in [3.05, 3.63) is 90.0 Å². The molecule has 1 amide bonds. The summed E-state index contributed by atoms with van der Waals surface area (Å²) in [4.78, 5) is 14.8. The third kappa shape index (κ3) is 5.95. The lowest BCUT2D eigenvalue weighted by Crippen LogP contribution is -2.30. The number of nitrogens with one attached hydrogen (secondary N) is 1. The van der Waals surface area contributed by atoms with E-state index in [0.717, 1.165) is 37.2 Å². The molecule has 8 heteroatoms. The van der Waals surface area contributed by atoms with Crippen LogP contribution in [0.25, 0.3) is 0 Å². The SMILES string of the molecule is O=C(NCC1C2CN(Cc3ccc(Oc4ccccc4)cc3)CC12)c1cccc(OC(F)(F)F)c1. The smallest absolute Gasteiger partial charge is 0.457 e. The molecule has 35 heavy (non-hydrogen) atoms. The lowest BCUT2D eigenvalue weighted by Gasteiger charge is -2.20. The molecule has 1 aliphatic heterocycles. The zero-order valence-corrected chi connectivity index (χ0v) is 18.9. The minimum atomic E-state index is -4.79. The molecule has 0 radical (unpaired) electrons. The van der Waals surface area contributed by atoms with Gasteiger partial charge in [-0.3, -0.25) is 9.69 Å². The van der Waals surface area contributed by atoms with Crippen LogP contribution in [0.2, 0.25) is 0 Å². The first-order chi connectivity index (χ1) is 16.8. The maximum atomic E-state index is 12.4. The number of para-hydroxylation sites is 1. The second-order valence-electron chi connectivity index (χ2n) is 9.03. The highest BCUT2D eigenvalue weighted by molar-refractivity contribution is 5.94. The van der Waals surface area contributed by atoms with Crippen LogP contribution in [0.5, 0.6) is 17.2 Å². The molecule has 1 aliphatic carbocycles. The van der Waals surface area contributed by atoms with Crippen LogP contribution in [0, 0.1) is 17.8 Å². The maximum absolute atomic E-state index is 12.4. The number of nitrogens with zero attached hydrogens (tertiary/aromatic N) is 1. The Labute approximate surface area is 201 Å². The van der Waals surface area contributed by atoms with Crippen molar-refractivity contribution in [2.24, 2.45) is 17.8 Å². The van der Waals surface area contributed by atoms with Gasteiger partial charge in [0.25, 0.3) is 5.91 Å². The van der Waals surface area contributed by atoms with Crippen LogP contribution >= 0.6 is 0 Å². The van der Waals surface area contributed by atoms with Gasteiger partial charge < -0.3 is 14.8 Å². The summed E-state index contributed by atoms with van der Waals surface area (Å²) >= 11 is 0. The van der Waals surface area contributed by atoms with Crippen molar-refractivity contribution in [1.29, 1.82) is 0 Å². The third-order valence-corrected chi connectivity index (χ3v) is 6.58. The minimum absolute atomic E-state index is 0.152. The Hall–Kier alpha value is -3.52. The maximum Gasteiger partial charge on any atom is 0.573 e. The number of halogens is 3. The average molecular weight is 483 g/mol. The Balaban J connectivity index is 1.06. The third-order valence-electron chi connectivity index (χ3n) is 6.58. The number of ether oxygens (including phenoxy) is 2. The second-order valence-corrected chi connectivity index (χ2v) is 9.03. The molecule has 0 aromatic heterocycles. The molecule has 5 nitrogen and oxygen atoms in total. The Kier molecular flexibility index (Phi) is 6.38. The molecule has 5 rings (SSSR count). The lowest BCUT2D eigenvalue weighted by molar-refractivity contribution is -0.274. The predicted octanol–water partition coefficient (Wildman–Crippen LogP) is 5.49. The van der Waals surface area contributed by atoms with Gasteiger partial charge in [0.15, 0.2) is 0 Å². The first kappa shape index (κ1) is 23.2. The fourth-order valence-electron chi connectivity index (χ4n) is 4.86. The molecule has 3 aromatic rings. The highest BCUT2D eigenvalue weighted by atomic mass is 19.4. The molecule has 3 aromatic carbocycles. The highest BCUT2D eigenvalue weighted by Crippen LogP contribution is 2.51. The summed E-state index contributed by atoms with van der Waals surface area (Å²) in [5, 5.41) is 2.86. The number of carbonyl (C=O) groups is 1. The van der Waals surface area contributed by atoms with Crippen molar-refractivity contribution in [3.63, 3.8) is 0 Å². The van der Waals surface area contributed by atoms with Gasteiger partial charge in [0.1, 0.15) is 17.2 Å². The van der Waals surface area contributed by atoms with E-state index >= 15 is 0 Å². The molecule has 1 saturated carbocycles. The van der Waals surface area contributed by atoms with Gasteiger partial charge in [0, 0.05) is 31.7 Å². The van der Waals surface area contributed by atoms with Crippen molar-refractivity contribution in [1.82, 2.24) is 10.2 Å². The second kappa shape index (κ2) is 9.62. The van der Waals surface area contributed by atoms with Crippen molar-refractivity contribution in [2.75, 3.05) is 19.6 Å². The Morgan fingerprint density at radius 2 is 1.54 bits per heavy atom. The first-order valence-corrected chi connectivity index (χ1v) is 11.5. The van der Waals surface area contributed by atoms with Crippen LogP contribution in [0.4, 0.5) is 13.2 Å². The van der Waals surface area contributed by atoms with Crippen LogP contribution < -0.4 is 14.8 Å². The van der Waals surface area contributed by atoms with E-state index in [-0.39, 0.29) is 5.56 Å². The molecule has 2 fully saturated rings. The van der Waals surface area contributed by atoms with Gasteiger partial charge in [0.05, 0.1) is 0 Å². The normalized spacial score (nSPS) is 21.3. The van der Waals surface area contributed by atoms with E-state index in [2.05, 4.69) is 27.1 Å². The summed E-state index contributed by atoms with van der Waals surface area (Å²) < 4.78 is 46.9. The van der Waals surface area contributed by atoms with E-state index in [9.17, 15) is 18.0 Å². The number of rotatable bonds is 8. The van der Waals surface area contributed by atoms with Gasteiger partial charge in [0.2, 0.25) is 0 Å². The molecule has 1 heterocycles. The fourth-order valence-corrected chi connectivity index (χ4v) is 4.86. The fraction of sp³-hybridized carbons (Fsp3) is 0.296. The molecule has 1 saturated heterocycles. The lowest BCUT2D eigenvalue weighted by atomic mass is 10.1. The van der Waals surface area contributed by atoms with E-state index in [1.165, 1.54) is 23.8 Å². The molecular formula is C27H25F3N2O3. The van der Waals surface area contributed by atoms with Gasteiger partial charge in [-0.05, 0) is 65.8 Å². The van der Waals surface area contributed by atoms with Crippen molar-refractivity contribution < 1.29 is 27.4 Å². The van der Waals surface area contributed by atoms with E-state index in [0.29, 0.717) is 24.3 Å². The Morgan fingerprint density at radius 1 is 0.886 bits per heavy atom. The number of likely N-dealkylation sites (tertiary alicyclic amines) is 1. The van der Waals surface area contributed by atoms with Crippen LogP contribution in [0.1, 0.15) is 15.9 Å². The van der Waals surface area contributed by atoms with Crippen LogP contribution in [-0.4, -0.2) is 36.8 Å². The molecular weight excluding hydrogens is 457 g/mol. The van der Waals surface area contributed by atoms with Gasteiger partial charge in [-0.2, -0.15) is 0 Å². The average Bonchev–Trinajstić information content (AvgIpc) is 3.28. The minimum Gasteiger partial charge on any atom is -0.457 e. The van der Waals surface area contributed by atoms with E-state index in [1.54, 1.807) is 0 Å². The van der Waals surface area contributed by atoms with E-state index in [4.69, 9.17) is 4.74 Å². The highest BCUT2D eigenvalue weighted by Gasteiger charge is 2.55. The van der Waals surface area contributed by atoms with Gasteiger partial charge in [-0.1, -0.05) is 36.4 Å². The molecule has 2 unspecified atom stereocenters. The zero-order valence-electron chi connectivity index (χ0n) is 18.9. The number of hydrogen-bond donors (Lipinski definition) is 1. The van der Waals surface area contributed by atoms with E-state index in [1.807, 2.05) is 42.5 Å². The monoisotopic (exact) mass is 482 g/mol. The van der Waals surface area contributed by atoms with Crippen LogP contribution in [0.3, 0.4) is 0 Å². The molecule has 0 spiro atoms. The standard InChI is InChI=1S/C27H25F3N2O3/c28-27(29,30)35-22-8-4-5-19(13-22)26(33)31-14-23-24-16-32(17-25(23)24)15-18-9-11-21(12-10-18)34-20-6-2-1-3-7-20/h1-13,23-25H,14-17H2,(H,31,33). The van der Waals surface area contributed by atoms with Crippen molar-refractivity contribution in [3.8, 4) is 17.2 Å². The number of hydrogen-bond acceptors (Lipinski definition) is 4. The summed E-state index contributed by atoms with van der Waals surface area (Å²) in [6.45, 7) is 3.34. The summed E-state index contributed by atoms with van der Waals surface area (Å²) in [6, 6.07) is 22.9. The number of amides is 1. The summed E-state index contributed by atoms with van der Waals surface area (Å²) in [5.74, 6) is 2.30. The van der Waals surface area contributed by atoms with Gasteiger partial charge >= 0.3 is 6.36 Å². The van der Waals surface area contributed by atoms with Gasteiger partial charge in [-0.25, -0.2) is 0 Å². The largest absolute Gasteiger partial charge is 0.573 e. The summed E-state index contributed by atoms with van der Waals surface area (Å²) in [5.41, 5.74) is 1.37. The van der Waals surface area contributed by atoms with Crippen LogP contribution in [0.15, 0.2) is 78.9 Å². The topological polar surface area (TPSA) is 50.8 Å². The molecule has 2 atom stereocenters.